The van der Waals surface area contributed by atoms with Crippen LogP contribution in [0.1, 0.15) is 30.9 Å². The molecule has 25 heavy (non-hydrogen) atoms. The van der Waals surface area contributed by atoms with E-state index in [1.807, 2.05) is 77.4 Å². The van der Waals surface area contributed by atoms with Crippen molar-refractivity contribution in [3.8, 4) is 0 Å². The highest BCUT2D eigenvalue weighted by atomic mass is 28.4. The molecule has 0 heterocycles. The van der Waals surface area contributed by atoms with Gasteiger partial charge in [0.2, 0.25) is 16.6 Å². The van der Waals surface area contributed by atoms with Crippen molar-refractivity contribution >= 4 is 28.6 Å². The number of carbonyl (C=O) groups excluding carboxylic acids is 2. The first kappa shape index (κ1) is 21.6. The van der Waals surface area contributed by atoms with Gasteiger partial charge in [0.15, 0.2) is 0 Å². The van der Waals surface area contributed by atoms with Crippen molar-refractivity contribution in [1.82, 2.24) is 0 Å². The Labute approximate surface area is 154 Å². The molecule has 140 valence electrons. The van der Waals surface area contributed by atoms with Crippen LogP contribution in [-0.4, -0.2) is 28.6 Å². The zero-order chi connectivity index (χ0) is 19.4. The van der Waals surface area contributed by atoms with Crippen molar-refractivity contribution < 1.29 is 18.4 Å². The molecule has 0 spiro atoms. The highest BCUT2D eigenvalue weighted by Gasteiger charge is 2.26. The van der Waals surface area contributed by atoms with Gasteiger partial charge in [-0.2, -0.15) is 0 Å². The molecular formula is C19H32O4Si2. The monoisotopic (exact) mass is 380 g/mol. The minimum atomic E-state index is -1.88. The predicted octanol–water partition coefficient (Wildman–Crippen LogP) is 4.72. The summed E-state index contributed by atoms with van der Waals surface area (Å²) < 4.78 is 11.1. The van der Waals surface area contributed by atoms with E-state index in [2.05, 4.69) is 0 Å². The van der Waals surface area contributed by atoms with Crippen LogP contribution >= 0.6 is 0 Å². The third-order valence-electron chi connectivity index (χ3n) is 3.59. The lowest BCUT2D eigenvalue weighted by Gasteiger charge is -2.21. The lowest BCUT2D eigenvalue weighted by Crippen LogP contribution is -2.32. The maximum absolute atomic E-state index is 12.2. The van der Waals surface area contributed by atoms with Crippen molar-refractivity contribution in [3.63, 3.8) is 0 Å². The van der Waals surface area contributed by atoms with Crippen molar-refractivity contribution in [2.24, 2.45) is 5.92 Å². The van der Waals surface area contributed by atoms with Crippen molar-refractivity contribution in [1.29, 1.82) is 0 Å². The van der Waals surface area contributed by atoms with Crippen LogP contribution in [0.2, 0.25) is 39.3 Å². The molecule has 1 rings (SSSR count). The van der Waals surface area contributed by atoms with Crippen LogP contribution in [0.3, 0.4) is 0 Å². The number of benzene rings is 1. The maximum Gasteiger partial charge on any atom is 0.299 e. The Morgan fingerprint density at radius 3 is 1.72 bits per heavy atom. The van der Waals surface area contributed by atoms with E-state index in [0.717, 1.165) is 11.1 Å². The average molecular weight is 381 g/mol. The van der Waals surface area contributed by atoms with Crippen LogP contribution in [0, 0.1) is 5.92 Å². The van der Waals surface area contributed by atoms with Crippen LogP contribution < -0.4 is 0 Å². The normalized spacial score (nSPS) is 14.6. The van der Waals surface area contributed by atoms with Gasteiger partial charge in [0.05, 0.1) is 11.8 Å². The van der Waals surface area contributed by atoms with Crippen LogP contribution in [0.4, 0.5) is 0 Å². The first-order valence-electron chi connectivity index (χ1n) is 8.83. The lowest BCUT2D eigenvalue weighted by atomic mass is 9.96. The van der Waals surface area contributed by atoms with E-state index in [0.29, 0.717) is 6.42 Å². The molecule has 0 aromatic heterocycles. The Morgan fingerprint density at radius 1 is 0.840 bits per heavy atom. The summed E-state index contributed by atoms with van der Waals surface area (Å²) in [6.07, 6.45) is 0.636. The number of rotatable bonds is 7. The molecule has 0 saturated carbocycles. The van der Waals surface area contributed by atoms with E-state index in [1.165, 1.54) is 0 Å². The summed E-state index contributed by atoms with van der Waals surface area (Å²) in [7, 11) is -3.73. The molecule has 0 aliphatic carbocycles. The lowest BCUT2D eigenvalue weighted by molar-refractivity contribution is -0.139. The van der Waals surface area contributed by atoms with Crippen molar-refractivity contribution in [2.75, 3.05) is 0 Å². The Bertz CT molecular complexity index is 597. The molecular weight excluding hydrogens is 348 g/mol. The highest BCUT2D eigenvalue weighted by molar-refractivity contribution is 6.71. The summed E-state index contributed by atoms with van der Waals surface area (Å²) in [5, 5.41) is 0. The van der Waals surface area contributed by atoms with Gasteiger partial charge in [0.25, 0.3) is 11.9 Å². The van der Waals surface area contributed by atoms with Gasteiger partial charge in [-0.1, -0.05) is 31.2 Å². The second-order valence-corrected chi connectivity index (χ2v) is 17.5. The maximum atomic E-state index is 12.2. The largest absolute Gasteiger partial charge is 0.520 e. The number of hydrogen-bond acceptors (Lipinski definition) is 4. The molecule has 0 aliphatic heterocycles. The molecule has 0 saturated heterocycles. The Hall–Kier alpha value is -1.41. The first-order valence-corrected chi connectivity index (χ1v) is 15.6. The second kappa shape index (κ2) is 8.32. The van der Waals surface area contributed by atoms with Crippen LogP contribution in [-0.2, 0) is 24.9 Å². The van der Waals surface area contributed by atoms with Crippen LogP contribution in [0.25, 0.3) is 0 Å². The van der Waals surface area contributed by atoms with Crippen molar-refractivity contribution in [2.45, 2.75) is 65.5 Å². The van der Waals surface area contributed by atoms with E-state index in [1.54, 1.807) is 0 Å². The molecule has 0 N–H and O–H groups in total. The Morgan fingerprint density at radius 2 is 1.28 bits per heavy atom. The van der Waals surface area contributed by atoms with E-state index in [-0.39, 0.29) is 23.8 Å². The van der Waals surface area contributed by atoms with E-state index < -0.39 is 16.6 Å². The summed E-state index contributed by atoms with van der Waals surface area (Å²) in [6.45, 7) is 15.8. The van der Waals surface area contributed by atoms with Gasteiger partial charge in [-0.3, -0.25) is 9.59 Å². The summed E-state index contributed by atoms with van der Waals surface area (Å²) in [5.74, 6) is -0.753. The highest BCUT2D eigenvalue weighted by Crippen LogP contribution is 2.21. The standard InChI is InChI=1S/C19H32O4Si2/c1-14(18(20)22-24(3,4)5)13-16-9-11-17(12-10-16)15(2)19(21)23-25(6,7)8/h9-12,14-15H,13H2,1-8H3. The molecule has 4 nitrogen and oxygen atoms in total. The minimum Gasteiger partial charge on any atom is -0.520 e. The SMILES string of the molecule is CC(Cc1ccc(C(C)C(=O)O[Si](C)(C)C)cc1)C(=O)O[Si](C)(C)C. The quantitative estimate of drug-likeness (QED) is 0.642. The second-order valence-electron chi connectivity index (χ2n) is 8.64. The van der Waals surface area contributed by atoms with Gasteiger partial charge in [-0.15, -0.1) is 0 Å². The van der Waals surface area contributed by atoms with E-state index in [4.69, 9.17) is 8.85 Å². The molecule has 0 amide bonds. The fraction of sp³-hybridized carbons (Fsp3) is 0.579. The first-order chi connectivity index (χ1) is 11.3. The van der Waals surface area contributed by atoms with Gasteiger partial charge >= 0.3 is 0 Å². The van der Waals surface area contributed by atoms with Crippen LogP contribution in [0.15, 0.2) is 24.3 Å². The number of carbonyl (C=O) groups is 2. The van der Waals surface area contributed by atoms with Gasteiger partial charge in [0, 0.05) is 0 Å². The van der Waals surface area contributed by atoms with Crippen LogP contribution in [0.5, 0.6) is 0 Å². The summed E-state index contributed by atoms with van der Waals surface area (Å²) in [5.41, 5.74) is 2.00. The Balaban J connectivity index is 2.70. The Kier molecular flexibility index (Phi) is 7.20. The topological polar surface area (TPSA) is 52.6 Å². The third kappa shape index (κ3) is 8.01. The molecule has 1 aromatic rings. The molecule has 1 aromatic carbocycles. The zero-order valence-corrected chi connectivity index (χ0v) is 18.8. The molecule has 0 aliphatic rings. The summed E-state index contributed by atoms with van der Waals surface area (Å²) in [6, 6.07) is 7.85. The molecule has 2 unspecified atom stereocenters. The molecule has 6 heteroatoms. The van der Waals surface area contributed by atoms with E-state index in [9.17, 15) is 9.59 Å². The fourth-order valence-corrected chi connectivity index (χ4v) is 3.89. The predicted molar refractivity (Wildman–Crippen MR) is 107 cm³/mol. The summed E-state index contributed by atoms with van der Waals surface area (Å²) in [4.78, 5) is 24.3. The van der Waals surface area contributed by atoms with Gasteiger partial charge in [-0.25, -0.2) is 0 Å². The van der Waals surface area contributed by atoms with E-state index >= 15 is 0 Å². The smallest absolute Gasteiger partial charge is 0.299 e. The number of hydrogen-bond donors (Lipinski definition) is 0. The summed E-state index contributed by atoms with van der Waals surface area (Å²) >= 11 is 0. The average Bonchev–Trinajstić information content (AvgIpc) is 2.43. The van der Waals surface area contributed by atoms with Crippen molar-refractivity contribution in [3.05, 3.63) is 35.4 Å². The minimum absolute atomic E-state index is 0.129. The van der Waals surface area contributed by atoms with Gasteiger partial charge in [0.1, 0.15) is 0 Å². The van der Waals surface area contributed by atoms with Gasteiger partial charge in [-0.05, 0) is 63.8 Å². The molecule has 2 atom stereocenters. The third-order valence-corrected chi connectivity index (χ3v) is 5.22. The molecule has 0 radical (unpaired) electrons. The zero-order valence-electron chi connectivity index (χ0n) is 16.8. The van der Waals surface area contributed by atoms with Gasteiger partial charge < -0.3 is 8.85 Å². The molecule has 0 fully saturated rings. The molecule has 0 bridgehead atoms. The fourth-order valence-electron chi connectivity index (χ4n) is 2.31.